The smallest absolute Gasteiger partial charge is 0.0835 e. The molecule has 0 radical (unpaired) electrons. The van der Waals surface area contributed by atoms with Crippen molar-refractivity contribution in [2.24, 2.45) is 0 Å². The Morgan fingerprint density at radius 1 is 1.47 bits per heavy atom. The standard InChI is InChI=1S/C13H18OS/c1-10-7-12(9-15-10)13(14)8-11-5-3-2-4-6-11/h5,7,9,13-14H,2-4,6,8H2,1H3. The average molecular weight is 222 g/mol. The SMILES string of the molecule is Cc1cc(C(O)CC2=CCCCC2)cs1. The lowest BCUT2D eigenvalue weighted by Crippen LogP contribution is -2.00. The Balaban J connectivity index is 1.97. The summed E-state index contributed by atoms with van der Waals surface area (Å²) in [5.74, 6) is 0. The van der Waals surface area contributed by atoms with Crippen LogP contribution in [0.3, 0.4) is 0 Å². The van der Waals surface area contributed by atoms with Gasteiger partial charge < -0.3 is 5.11 Å². The van der Waals surface area contributed by atoms with Crippen LogP contribution in [0.1, 0.15) is 48.6 Å². The van der Waals surface area contributed by atoms with E-state index in [1.165, 1.54) is 36.1 Å². The van der Waals surface area contributed by atoms with E-state index in [0.717, 1.165) is 12.0 Å². The first-order chi connectivity index (χ1) is 7.25. The highest BCUT2D eigenvalue weighted by atomic mass is 32.1. The molecule has 1 N–H and O–H groups in total. The largest absolute Gasteiger partial charge is 0.388 e. The minimum Gasteiger partial charge on any atom is -0.388 e. The highest BCUT2D eigenvalue weighted by molar-refractivity contribution is 7.10. The second-order valence-corrected chi connectivity index (χ2v) is 5.43. The lowest BCUT2D eigenvalue weighted by molar-refractivity contribution is 0.177. The zero-order valence-electron chi connectivity index (χ0n) is 9.20. The van der Waals surface area contributed by atoms with Crippen molar-refractivity contribution < 1.29 is 5.11 Å². The highest BCUT2D eigenvalue weighted by Gasteiger charge is 2.12. The van der Waals surface area contributed by atoms with Crippen molar-refractivity contribution in [2.75, 3.05) is 0 Å². The molecule has 2 rings (SSSR count). The molecule has 0 saturated carbocycles. The zero-order chi connectivity index (χ0) is 10.7. The van der Waals surface area contributed by atoms with Crippen LogP contribution in [-0.4, -0.2) is 5.11 Å². The number of aryl methyl sites for hydroxylation is 1. The quantitative estimate of drug-likeness (QED) is 0.767. The van der Waals surface area contributed by atoms with Crippen molar-refractivity contribution in [3.8, 4) is 0 Å². The molecule has 1 nitrogen and oxygen atoms in total. The van der Waals surface area contributed by atoms with E-state index in [9.17, 15) is 5.11 Å². The molecule has 0 fully saturated rings. The van der Waals surface area contributed by atoms with E-state index in [0.29, 0.717) is 0 Å². The first-order valence-electron chi connectivity index (χ1n) is 5.67. The molecule has 1 heterocycles. The number of aliphatic hydroxyl groups is 1. The van der Waals surface area contributed by atoms with Crippen LogP contribution in [0.15, 0.2) is 23.1 Å². The lowest BCUT2D eigenvalue weighted by atomic mass is 9.93. The van der Waals surface area contributed by atoms with Crippen LogP contribution in [-0.2, 0) is 0 Å². The van der Waals surface area contributed by atoms with Crippen LogP contribution in [0.25, 0.3) is 0 Å². The second kappa shape index (κ2) is 4.95. The van der Waals surface area contributed by atoms with E-state index in [2.05, 4.69) is 24.4 Å². The summed E-state index contributed by atoms with van der Waals surface area (Å²) >= 11 is 1.72. The molecule has 0 saturated heterocycles. The van der Waals surface area contributed by atoms with Crippen LogP contribution in [0, 0.1) is 6.92 Å². The monoisotopic (exact) mass is 222 g/mol. The van der Waals surface area contributed by atoms with Gasteiger partial charge in [0, 0.05) is 4.88 Å². The molecule has 82 valence electrons. The van der Waals surface area contributed by atoms with Crippen molar-refractivity contribution in [2.45, 2.75) is 45.1 Å². The van der Waals surface area contributed by atoms with Crippen molar-refractivity contribution in [3.63, 3.8) is 0 Å². The predicted molar refractivity (Wildman–Crippen MR) is 65.2 cm³/mol. The van der Waals surface area contributed by atoms with Crippen LogP contribution >= 0.6 is 11.3 Å². The number of thiophene rings is 1. The van der Waals surface area contributed by atoms with Gasteiger partial charge in [0.05, 0.1) is 6.10 Å². The van der Waals surface area contributed by atoms with Crippen molar-refractivity contribution in [1.29, 1.82) is 0 Å². The van der Waals surface area contributed by atoms with Gasteiger partial charge >= 0.3 is 0 Å². The molecular weight excluding hydrogens is 204 g/mol. The van der Waals surface area contributed by atoms with Crippen LogP contribution < -0.4 is 0 Å². The molecule has 1 atom stereocenters. The molecule has 1 aliphatic carbocycles. The molecule has 1 unspecified atom stereocenters. The summed E-state index contributed by atoms with van der Waals surface area (Å²) in [4.78, 5) is 1.28. The predicted octanol–water partition coefficient (Wildman–Crippen LogP) is 3.98. The van der Waals surface area contributed by atoms with E-state index < -0.39 is 0 Å². The first-order valence-corrected chi connectivity index (χ1v) is 6.54. The van der Waals surface area contributed by atoms with E-state index in [-0.39, 0.29) is 6.10 Å². The van der Waals surface area contributed by atoms with Crippen LogP contribution in [0.5, 0.6) is 0 Å². The third-order valence-corrected chi connectivity index (χ3v) is 3.86. The topological polar surface area (TPSA) is 20.2 Å². The molecule has 1 aromatic heterocycles. The molecule has 1 aliphatic rings. The number of hydrogen-bond acceptors (Lipinski definition) is 2. The molecule has 0 bridgehead atoms. The Kier molecular flexibility index (Phi) is 3.60. The minimum atomic E-state index is -0.292. The minimum absolute atomic E-state index is 0.292. The van der Waals surface area contributed by atoms with E-state index >= 15 is 0 Å². The Hall–Kier alpha value is -0.600. The average Bonchev–Trinajstić information content (AvgIpc) is 2.66. The van der Waals surface area contributed by atoms with Gasteiger partial charge in [-0.3, -0.25) is 0 Å². The molecule has 15 heavy (non-hydrogen) atoms. The Morgan fingerprint density at radius 2 is 2.33 bits per heavy atom. The maximum atomic E-state index is 10.1. The van der Waals surface area contributed by atoms with Crippen LogP contribution in [0.2, 0.25) is 0 Å². The second-order valence-electron chi connectivity index (χ2n) is 4.32. The Labute approximate surface area is 95.5 Å². The summed E-state index contributed by atoms with van der Waals surface area (Å²) in [6, 6.07) is 2.10. The fourth-order valence-corrected chi connectivity index (χ4v) is 2.85. The molecule has 1 aromatic rings. The van der Waals surface area contributed by atoms with Crippen molar-refractivity contribution in [1.82, 2.24) is 0 Å². The fourth-order valence-electron chi connectivity index (χ4n) is 2.09. The van der Waals surface area contributed by atoms with Gasteiger partial charge in [-0.15, -0.1) is 11.3 Å². The summed E-state index contributed by atoms with van der Waals surface area (Å²) in [6.07, 6.45) is 7.84. The van der Waals surface area contributed by atoms with Crippen LogP contribution in [0.4, 0.5) is 0 Å². The maximum Gasteiger partial charge on any atom is 0.0835 e. The summed E-state index contributed by atoms with van der Waals surface area (Å²) in [5.41, 5.74) is 2.53. The molecule has 0 aromatic carbocycles. The van der Waals surface area contributed by atoms with Gasteiger partial charge in [-0.1, -0.05) is 11.6 Å². The molecule has 2 heteroatoms. The summed E-state index contributed by atoms with van der Waals surface area (Å²) in [6.45, 7) is 2.08. The van der Waals surface area contributed by atoms with Crippen molar-refractivity contribution >= 4 is 11.3 Å². The summed E-state index contributed by atoms with van der Waals surface area (Å²) < 4.78 is 0. The first kappa shape index (κ1) is 10.9. The van der Waals surface area contributed by atoms with Crippen molar-refractivity contribution in [3.05, 3.63) is 33.5 Å². The highest BCUT2D eigenvalue weighted by Crippen LogP contribution is 2.29. The zero-order valence-corrected chi connectivity index (χ0v) is 10.0. The van der Waals surface area contributed by atoms with E-state index in [4.69, 9.17) is 0 Å². The third kappa shape index (κ3) is 2.93. The summed E-state index contributed by atoms with van der Waals surface area (Å²) in [7, 11) is 0. The fraction of sp³-hybridized carbons (Fsp3) is 0.538. The van der Waals surface area contributed by atoms with Gasteiger partial charge in [0.25, 0.3) is 0 Å². The maximum absolute atomic E-state index is 10.1. The van der Waals surface area contributed by atoms with Gasteiger partial charge in [0.1, 0.15) is 0 Å². The molecule has 0 amide bonds. The number of allylic oxidation sites excluding steroid dienone is 1. The number of aliphatic hydroxyl groups excluding tert-OH is 1. The molecular formula is C13H18OS. The third-order valence-electron chi connectivity index (χ3n) is 2.98. The molecule has 0 aliphatic heterocycles. The van der Waals surface area contributed by atoms with E-state index in [1.54, 1.807) is 11.3 Å². The normalized spacial score (nSPS) is 18.7. The Morgan fingerprint density at radius 3 is 2.93 bits per heavy atom. The van der Waals surface area contributed by atoms with Gasteiger partial charge in [0.15, 0.2) is 0 Å². The Bertz CT molecular complexity index is 351. The van der Waals surface area contributed by atoms with E-state index in [1.807, 2.05) is 0 Å². The van der Waals surface area contributed by atoms with Gasteiger partial charge in [-0.25, -0.2) is 0 Å². The number of hydrogen-bond donors (Lipinski definition) is 1. The number of rotatable bonds is 3. The lowest BCUT2D eigenvalue weighted by Gasteiger charge is -2.15. The van der Waals surface area contributed by atoms with Gasteiger partial charge in [0.2, 0.25) is 0 Å². The van der Waals surface area contributed by atoms with Gasteiger partial charge in [-0.2, -0.15) is 0 Å². The molecule has 0 spiro atoms. The van der Waals surface area contributed by atoms with Gasteiger partial charge in [-0.05, 0) is 56.0 Å². The summed E-state index contributed by atoms with van der Waals surface area (Å²) in [5, 5.41) is 12.1.